The van der Waals surface area contributed by atoms with Gasteiger partial charge in [0.15, 0.2) is 183 Å². The third kappa shape index (κ3) is 30.0. The summed E-state index contributed by atoms with van der Waals surface area (Å²) >= 11 is -1.23. The average molecular weight is 2230 g/mol. The Hall–Kier alpha value is -9.87. The molecule has 142 heavy (non-hydrogen) atoms. The van der Waals surface area contributed by atoms with Gasteiger partial charge in [0.05, 0.1) is 9.82 Å². The highest BCUT2D eigenvalue weighted by Gasteiger charge is 2.70. The number of sulfone groups is 2. The number of nitro benzene ring substituents is 1. The first-order valence-electron chi connectivity index (χ1n) is 38.2. The second kappa shape index (κ2) is 47.1. The Balaban J connectivity index is 0.000000812. The van der Waals surface area contributed by atoms with E-state index in [0.29, 0.717) is 19.1 Å². The molecule has 61 heteroatoms. The smallest absolute Gasteiger partial charge is 0.399 e. The summed E-state index contributed by atoms with van der Waals surface area (Å²) in [5.74, 6) is -74.5. The Morgan fingerprint density at radius 3 is 0.739 bits per heavy atom. The normalized spacial score (nSPS) is 12.7. The highest BCUT2D eigenvalue weighted by molar-refractivity contribution is 8.45. The highest BCUT2D eigenvalue weighted by atomic mass is 32.5. The molecule has 0 aliphatic carbocycles. The predicted molar refractivity (Wildman–Crippen MR) is 410 cm³/mol. The second-order valence-electron chi connectivity index (χ2n) is 31.1. The van der Waals surface area contributed by atoms with Crippen molar-refractivity contribution in [1.82, 2.24) is 0 Å². The zero-order valence-corrected chi connectivity index (χ0v) is 77.5. The molecule has 0 heterocycles. The molecule has 0 aromatic heterocycles. The summed E-state index contributed by atoms with van der Waals surface area (Å²) in [6.45, 7) is 21.8. The molecule has 0 saturated heterocycles. The van der Waals surface area contributed by atoms with E-state index in [9.17, 15) is 240 Å². The Labute approximate surface area is 775 Å². The fourth-order valence-corrected chi connectivity index (χ4v) is 14.7. The average Bonchev–Trinajstić information content (AvgIpc) is 0.698. The summed E-state index contributed by atoms with van der Waals surface area (Å²) in [6, 6.07) is 0. The van der Waals surface area contributed by atoms with Crippen LogP contribution in [-0.4, -0.2) is 45.4 Å². The number of thioether (sulfide) groups is 1. The van der Waals surface area contributed by atoms with Crippen LogP contribution in [-0.2, 0) is 32.3 Å². The minimum Gasteiger partial charge on any atom is -0.399 e. The number of nitro groups is 1. The molecule has 8 rings (SSSR count). The van der Waals surface area contributed by atoms with Gasteiger partial charge < -0.3 is 4.74 Å². The van der Waals surface area contributed by atoms with E-state index in [1.807, 2.05) is 6.92 Å². The zero-order chi connectivity index (χ0) is 113. The number of unbranched alkanes of at least 4 members (excludes halogenated alkanes) is 1. The minimum absolute atomic E-state index is 0.0143. The van der Waals surface area contributed by atoms with E-state index >= 15 is 0 Å². The summed E-state index contributed by atoms with van der Waals surface area (Å²) in [5.41, 5.74) is -23.5. The van der Waals surface area contributed by atoms with E-state index in [4.69, 9.17) is 0 Å². The van der Waals surface area contributed by atoms with E-state index in [1.165, 1.54) is 83.1 Å². The zero-order valence-electron chi connectivity index (χ0n) is 74.2. The number of halogens is 49. The van der Waals surface area contributed by atoms with Crippen LogP contribution in [0.4, 0.5) is 218 Å². The summed E-state index contributed by atoms with van der Waals surface area (Å²) in [7, 11) is -21.8. The second-order valence-corrected chi connectivity index (χ2v) is 38.3. The van der Waals surface area contributed by atoms with Gasteiger partial charge in [-0.3, -0.25) is 10.1 Å². The number of benzene rings is 8. The summed E-state index contributed by atoms with van der Waals surface area (Å²) in [6.07, 6.45) is -9.27. The van der Waals surface area contributed by atoms with Crippen LogP contribution in [0.25, 0.3) is 0 Å². The third-order valence-electron chi connectivity index (χ3n) is 17.9. The maximum Gasteiger partial charge on any atom is 0.573 e. The van der Waals surface area contributed by atoms with Crippen molar-refractivity contribution in [2.75, 3.05) is 6.26 Å². The van der Waals surface area contributed by atoms with Gasteiger partial charge in [-0.15, -0.1) is 13.2 Å². The molecule has 8 aromatic rings. The topological polar surface area (TPSA) is 121 Å². The number of hydrogen-bond donors (Lipinski definition) is 0. The van der Waals surface area contributed by atoms with Crippen molar-refractivity contribution >= 4 is 47.3 Å². The van der Waals surface area contributed by atoms with Gasteiger partial charge >= 0.3 is 39.5 Å². The maximum atomic E-state index is 13.6. The molecule has 0 N–H and O–H groups in total. The van der Waals surface area contributed by atoms with Crippen LogP contribution in [0, 0.1) is 196 Å². The van der Waals surface area contributed by atoms with Crippen molar-refractivity contribution in [3.8, 4) is 5.75 Å². The van der Waals surface area contributed by atoms with Crippen molar-refractivity contribution in [2.24, 2.45) is 0 Å². The number of hydrogen-bond acceptors (Lipinski definition) is 8. The number of alkyl halides is 12. The van der Waals surface area contributed by atoms with Crippen LogP contribution in [0.15, 0.2) is 19.6 Å². The molecule has 0 aliphatic heterocycles. The molecule has 0 radical (unpaired) electrons. The fraction of sp³-hybridized carbons (Fsp3) is 0.407. The number of ether oxygens (including phenoxy) is 1. The Morgan fingerprint density at radius 1 is 0.317 bits per heavy atom. The monoisotopic (exact) mass is 2230 g/mol. The predicted octanol–water partition coefficient (Wildman–Crippen LogP) is 34.1. The molecule has 0 fully saturated rings. The highest BCUT2D eigenvalue weighted by Crippen LogP contribution is 3.02. The van der Waals surface area contributed by atoms with Crippen LogP contribution in [0.5, 0.6) is 5.75 Å². The Bertz CT molecular complexity index is 5930. The van der Waals surface area contributed by atoms with Gasteiger partial charge in [-0.05, 0) is 71.9 Å². The molecular weight excluding hydrogens is 2160 g/mol. The first-order chi connectivity index (χ1) is 63.4. The van der Waals surface area contributed by atoms with E-state index in [2.05, 4.69) is 4.74 Å². The van der Waals surface area contributed by atoms with Crippen LogP contribution in [0.3, 0.4) is 0 Å². The van der Waals surface area contributed by atoms with E-state index in [0.717, 1.165) is 27.7 Å². The lowest BCUT2D eigenvalue weighted by atomic mass is 9.97. The lowest BCUT2D eigenvalue weighted by Gasteiger charge is -2.40. The minimum atomic E-state index is -10.9. The Morgan fingerprint density at radius 2 is 0.535 bits per heavy atom. The van der Waals surface area contributed by atoms with Crippen molar-refractivity contribution in [2.45, 2.75) is 227 Å². The molecule has 0 aliphatic rings. The van der Waals surface area contributed by atoms with Gasteiger partial charge in [0, 0.05) is 56.3 Å². The maximum absolute atomic E-state index is 13.6. The van der Waals surface area contributed by atoms with Crippen molar-refractivity contribution < 1.29 is 239 Å². The lowest BCUT2D eigenvalue weighted by molar-refractivity contribution is -0.390. The van der Waals surface area contributed by atoms with Gasteiger partial charge in [0.1, 0.15) is 10.5 Å². The van der Waals surface area contributed by atoms with Crippen molar-refractivity contribution in [3.05, 3.63) is 252 Å². The molecule has 0 amide bonds. The first-order valence-corrected chi connectivity index (χ1v) is 44.4. The van der Waals surface area contributed by atoms with Crippen LogP contribution in [0.2, 0.25) is 0 Å². The molecule has 806 valence electrons. The van der Waals surface area contributed by atoms with Crippen molar-refractivity contribution in [3.63, 3.8) is 0 Å². The molecule has 0 saturated carbocycles. The SMILES string of the molecule is CC(C)c1c(F)c(F)c(C(F)(F)F)c(F)c1F.CC(C)c1c(F)c(F)c(OC(F)(F)F)c(F)c1F.CC(C)c1c(F)c(F)c(S(=O)(=O)C(F)(F)F)c(F)c1F.CC(C)c1c(F)c(F)c(S(C)(=O)=O)c(F)c1F.CC(C)c1c(F)c(F)c(S(F)(F)(F)(F)F)c(F)c1F.CC(C)c1c(F)c(F)c(SC(F)(F)F)c(F)c1F.CC(C)c1c(F)c(F)c([N+](=O)[O-])c(F)c1F.CCCCc1c(F)c(F)c(C(C)C)c(F)c1F. The van der Waals surface area contributed by atoms with Gasteiger partial charge in [0.2, 0.25) is 29.0 Å². The molecule has 0 atom stereocenters. The summed E-state index contributed by atoms with van der Waals surface area (Å²) in [4.78, 5) is -1.04. The molecule has 8 aromatic carbocycles. The van der Waals surface area contributed by atoms with Gasteiger partial charge in [-0.1, -0.05) is 144 Å². The van der Waals surface area contributed by atoms with E-state index < -0.39 is 390 Å². The quantitative estimate of drug-likeness (QED) is 0.0291. The molecule has 8 nitrogen and oxygen atoms in total. The molecular formula is C81H68F49NO7S4. The molecule has 0 unspecified atom stereocenters. The van der Waals surface area contributed by atoms with Gasteiger partial charge in [0.25, 0.3) is 9.84 Å². The lowest BCUT2D eigenvalue weighted by Crippen LogP contribution is -2.27. The van der Waals surface area contributed by atoms with E-state index in [1.54, 1.807) is 0 Å². The Kier molecular flexibility index (Phi) is 43.2. The standard InChI is InChI=1S/C13H16F4.C10H7F7O2S.C10H7F7O.C10H7F7S.C10H7F7.C10H10F4O2S.C9H7F9S.C9H7F4NO2/c1-4-5-6-8-10(14)12(16)9(7(2)3)13(17)11(8)15;1-3(2)4-5(11)7(13)9(8(14)6(4)12)20(18,19)10(15,16)17;2*1-3(2)4-5(11)7(13)9(8(14)6(4)12)18-10(15,16)17;1-3(2)4-6(11)8(13)5(10(15,16)17)9(14)7(4)12;1-4(2)5-6(11)8(13)10(17(3,15)16)9(14)7(5)12;1-3(2)4-5(10)7(12)9(8(13)6(4)11)19(14,15,16,17)18;1-3(2)4-5(10)7(12)9(14(15)16)8(13)6(4)11/h7H,4-6H2,1-3H3;3H,1-2H3;2*3H,1-2H3;3H,1-2H3;4H,1-3H3;3H,1-2H3;3H,1-2H3. The first kappa shape index (κ1) is 130. The fourth-order valence-electron chi connectivity index (χ4n) is 11.6. The third-order valence-corrected chi connectivity index (χ3v) is 22.4. The summed E-state index contributed by atoms with van der Waals surface area (Å²) < 4.78 is 679. The van der Waals surface area contributed by atoms with Crippen LogP contribution >= 0.6 is 22.0 Å². The number of rotatable bonds is 17. The van der Waals surface area contributed by atoms with Crippen LogP contribution < -0.4 is 4.74 Å². The van der Waals surface area contributed by atoms with E-state index in [-0.39, 0.29) is 6.42 Å². The van der Waals surface area contributed by atoms with Crippen molar-refractivity contribution in [1.29, 1.82) is 0 Å². The largest absolute Gasteiger partial charge is 0.573 e. The van der Waals surface area contributed by atoms with Gasteiger partial charge in [-0.25, -0.2) is 140 Å². The molecule has 0 bridgehead atoms. The van der Waals surface area contributed by atoms with Gasteiger partial charge in [-0.2, -0.15) is 57.1 Å². The summed E-state index contributed by atoms with van der Waals surface area (Å²) in [5, 5.41) is 10.2. The number of nitrogens with zero attached hydrogens (tertiary/aromatic N) is 1. The molecule has 0 spiro atoms. The van der Waals surface area contributed by atoms with Crippen LogP contribution in [0.1, 0.15) is 234 Å².